The Morgan fingerprint density at radius 1 is 1.05 bits per heavy atom. The molecule has 8 heteroatoms. The molecule has 234 valence electrons. The van der Waals surface area contributed by atoms with E-state index in [9.17, 15) is 14.7 Å². The van der Waals surface area contributed by atoms with E-state index in [4.69, 9.17) is 9.47 Å². The van der Waals surface area contributed by atoms with Crippen LogP contribution >= 0.6 is 0 Å². The molecule has 1 fully saturated rings. The fraction of sp³-hybridized carbons (Fsp3) is 0.444. The van der Waals surface area contributed by atoms with Crippen molar-refractivity contribution in [2.75, 3.05) is 32.1 Å². The van der Waals surface area contributed by atoms with Crippen LogP contribution in [0.2, 0.25) is 0 Å². The van der Waals surface area contributed by atoms with Gasteiger partial charge < -0.3 is 24.8 Å². The lowest BCUT2D eigenvalue weighted by Crippen LogP contribution is -2.49. The van der Waals surface area contributed by atoms with Gasteiger partial charge >= 0.3 is 0 Å². The molecule has 2 N–H and O–H groups in total. The number of hydrogen-bond acceptors (Lipinski definition) is 6. The fourth-order valence-corrected chi connectivity index (χ4v) is 6.10. The standard InChI is InChI=1S/C36H45N3O5/c1-25-21-39(26(2)24-40)36(42)32-20-29(37-35(41)28-10-6-4-7-11-28)16-19-33(32)44-34(25)23-38(3)22-27-14-17-31(18-15-27)43-30-12-8-5-9-13-30/h5,8-9,12-20,25-26,28,34,40H,4,6-7,10-11,21-24H2,1-3H3,(H,37,41)/t25-,26-,34-/m0/s1. The number of benzene rings is 3. The summed E-state index contributed by atoms with van der Waals surface area (Å²) in [4.78, 5) is 30.7. The quantitative estimate of drug-likeness (QED) is 0.282. The Morgan fingerprint density at radius 3 is 2.45 bits per heavy atom. The molecule has 0 saturated heterocycles. The predicted molar refractivity (Wildman–Crippen MR) is 172 cm³/mol. The van der Waals surface area contributed by atoms with Gasteiger partial charge in [0.05, 0.1) is 18.2 Å². The molecule has 44 heavy (non-hydrogen) atoms. The van der Waals surface area contributed by atoms with Crippen LogP contribution < -0.4 is 14.8 Å². The Hall–Kier alpha value is -3.88. The van der Waals surface area contributed by atoms with Crippen molar-refractivity contribution in [1.29, 1.82) is 0 Å². The van der Waals surface area contributed by atoms with Gasteiger partial charge in [0.15, 0.2) is 0 Å². The largest absolute Gasteiger partial charge is 0.488 e. The van der Waals surface area contributed by atoms with Crippen LogP contribution in [-0.2, 0) is 11.3 Å². The molecule has 8 nitrogen and oxygen atoms in total. The van der Waals surface area contributed by atoms with Gasteiger partial charge in [-0.15, -0.1) is 0 Å². The highest BCUT2D eigenvalue weighted by Crippen LogP contribution is 2.32. The van der Waals surface area contributed by atoms with E-state index in [1.807, 2.05) is 55.5 Å². The van der Waals surface area contributed by atoms with Crippen molar-refractivity contribution >= 4 is 17.5 Å². The van der Waals surface area contributed by atoms with Crippen LogP contribution in [0.4, 0.5) is 5.69 Å². The second-order valence-corrected chi connectivity index (χ2v) is 12.4. The van der Waals surface area contributed by atoms with Crippen molar-refractivity contribution < 1.29 is 24.2 Å². The van der Waals surface area contributed by atoms with Crippen LogP contribution in [0.25, 0.3) is 0 Å². The monoisotopic (exact) mass is 599 g/mol. The normalized spacial score (nSPS) is 19.8. The molecule has 3 atom stereocenters. The number of fused-ring (bicyclic) bond motifs is 1. The molecule has 1 aliphatic heterocycles. The highest BCUT2D eigenvalue weighted by Gasteiger charge is 2.34. The maximum atomic E-state index is 13.8. The average Bonchev–Trinajstić information content (AvgIpc) is 3.04. The average molecular weight is 600 g/mol. The molecule has 5 rings (SSSR count). The number of para-hydroxylation sites is 1. The van der Waals surface area contributed by atoms with E-state index in [0.717, 1.165) is 42.7 Å². The number of nitrogens with zero attached hydrogens (tertiary/aromatic N) is 2. The molecule has 3 aromatic rings. The molecule has 2 aliphatic rings. The zero-order valence-electron chi connectivity index (χ0n) is 26.1. The summed E-state index contributed by atoms with van der Waals surface area (Å²) in [5, 5.41) is 13.0. The minimum absolute atomic E-state index is 0.0101. The van der Waals surface area contributed by atoms with Gasteiger partial charge in [0.2, 0.25) is 5.91 Å². The Kier molecular flexibility index (Phi) is 10.6. The van der Waals surface area contributed by atoms with Gasteiger partial charge in [-0.3, -0.25) is 14.5 Å². The molecule has 0 spiro atoms. The zero-order chi connectivity index (χ0) is 31.1. The lowest BCUT2D eigenvalue weighted by atomic mass is 9.88. The van der Waals surface area contributed by atoms with Crippen LogP contribution in [-0.4, -0.2) is 65.6 Å². The van der Waals surface area contributed by atoms with Gasteiger partial charge in [0.1, 0.15) is 23.4 Å². The number of aliphatic hydroxyl groups excluding tert-OH is 1. The molecule has 1 heterocycles. The fourth-order valence-electron chi connectivity index (χ4n) is 6.10. The Labute approximate surface area is 261 Å². The van der Waals surface area contributed by atoms with Crippen molar-refractivity contribution in [2.45, 2.75) is 64.6 Å². The Balaban J connectivity index is 1.29. The summed E-state index contributed by atoms with van der Waals surface area (Å²) in [5.74, 6) is 1.91. The summed E-state index contributed by atoms with van der Waals surface area (Å²) in [6, 6.07) is 22.8. The summed E-state index contributed by atoms with van der Waals surface area (Å²) < 4.78 is 12.5. The number of ether oxygens (including phenoxy) is 2. The number of rotatable bonds is 10. The second-order valence-electron chi connectivity index (χ2n) is 12.4. The van der Waals surface area contributed by atoms with E-state index in [0.29, 0.717) is 36.6 Å². The smallest absolute Gasteiger partial charge is 0.258 e. The van der Waals surface area contributed by atoms with Gasteiger partial charge in [0, 0.05) is 37.2 Å². The summed E-state index contributed by atoms with van der Waals surface area (Å²) >= 11 is 0. The van der Waals surface area contributed by atoms with Crippen molar-refractivity contribution in [3.8, 4) is 17.2 Å². The molecule has 3 aromatic carbocycles. The minimum atomic E-state index is -0.355. The third-order valence-corrected chi connectivity index (χ3v) is 8.75. The summed E-state index contributed by atoms with van der Waals surface area (Å²) in [6.45, 7) is 5.60. The third-order valence-electron chi connectivity index (χ3n) is 8.75. The number of carbonyl (C=O) groups is 2. The lowest BCUT2D eigenvalue weighted by Gasteiger charge is -2.38. The highest BCUT2D eigenvalue weighted by atomic mass is 16.5. The summed E-state index contributed by atoms with van der Waals surface area (Å²) in [7, 11) is 2.06. The molecule has 0 bridgehead atoms. The molecule has 0 aromatic heterocycles. The van der Waals surface area contributed by atoms with Crippen LogP contribution in [0, 0.1) is 11.8 Å². The van der Waals surface area contributed by atoms with E-state index >= 15 is 0 Å². The van der Waals surface area contributed by atoms with Crippen LogP contribution in [0.1, 0.15) is 61.9 Å². The number of aliphatic hydroxyl groups is 1. The molecule has 1 saturated carbocycles. The first-order valence-electron chi connectivity index (χ1n) is 15.8. The first-order chi connectivity index (χ1) is 21.3. The highest BCUT2D eigenvalue weighted by molar-refractivity contribution is 6.00. The van der Waals surface area contributed by atoms with E-state index in [1.165, 1.54) is 6.42 Å². The van der Waals surface area contributed by atoms with Gasteiger partial charge in [0.25, 0.3) is 5.91 Å². The Morgan fingerprint density at radius 2 is 1.75 bits per heavy atom. The van der Waals surface area contributed by atoms with Crippen LogP contribution in [0.5, 0.6) is 17.2 Å². The predicted octanol–water partition coefficient (Wildman–Crippen LogP) is 6.35. The van der Waals surface area contributed by atoms with Crippen molar-refractivity contribution in [2.24, 2.45) is 11.8 Å². The number of amides is 2. The molecular weight excluding hydrogens is 554 g/mol. The second kappa shape index (κ2) is 14.7. The van der Waals surface area contributed by atoms with Crippen LogP contribution in [0.15, 0.2) is 72.8 Å². The molecule has 2 amide bonds. The van der Waals surface area contributed by atoms with Gasteiger partial charge in [-0.05, 0) is 74.8 Å². The number of hydrogen-bond donors (Lipinski definition) is 2. The molecule has 0 radical (unpaired) electrons. The third kappa shape index (κ3) is 7.98. The van der Waals surface area contributed by atoms with Gasteiger partial charge in [-0.1, -0.05) is 56.5 Å². The van der Waals surface area contributed by atoms with E-state index in [1.54, 1.807) is 17.0 Å². The Bertz CT molecular complexity index is 1390. The van der Waals surface area contributed by atoms with Crippen molar-refractivity contribution in [3.63, 3.8) is 0 Å². The summed E-state index contributed by atoms with van der Waals surface area (Å²) in [5.41, 5.74) is 2.14. The first-order valence-corrected chi connectivity index (χ1v) is 15.8. The maximum Gasteiger partial charge on any atom is 0.258 e. The maximum absolute atomic E-state index is 13.8. The van der Waals surface area contributed by atoms with Crippen molar-refractivity contribution in [1.82, 2.24) is 9.80 Å². The van der Waals surface area contributed by atoms with Gasteiger partial charge in [-0.2, -0.15) is 0 Å². The number of carbonyl (C=O) groups excluding carboxylic acids is 2. The summed E-state index contributed by atoms with van der Waals surface area (Å²) in [6.07, 6.45) is 4.93. The first kappa shape index (κ1) is 31.5. The molecular formula is C36H45N3O5. The number of nitrogens with one attached hydrogen (secondary N) is 1. The number of likely N-dealkylation sites (N-methyl/N-ethyl adjacent to an activating group) is 1. The molecule has 0 unspecified atom stereocenters. The van der Waals surface area contributed by atoms with E-state index < -0.39 is 0 Å². The van der Waals surface area contributed by atoms with Crippen molar-refractivity contribution in [3.05, 3.63) is 83.9 Å². The minimum Gasteiger partial charge on any atom is -0.488 e. The van der Waals surface area contributed by atoms with E-state index in [2.05, 4.69) is 36.3 Å². The SMILES string of the molecule is C[C@H]1CN([C@@H](C)CO)C(=O)c2cc(NC(=O)C3CCCCC3)ccc2O[C@H]1CN(C)Cc1ccc(Oc2ccccc2)cc1. The van der Waals surface area contributed by atoms with E-state index in [-0.39, 0.29) is 42.4 Å². The topological polar surface area (TPSA) is 91.3 Å². The number of anilines is 1. The zero-order valence-corrected chi connectivity index (χ0v) is 26.1. The van der Waals surface area contributed by atoms with Gasteiger partial charge in [-0.25, -0.2) is 0 Å². The lowest BCUT2D eigenvalue weighted by molar-refractivity contribution is -0.120. The molecule has 1 aliphatic carbocycles. The van der Waals surface area contributed by atoms with Crippen LogP contribution in [0.3, 0.4) is 0 Å².